The molecule has 1 rings (SSSR count). The fraction of sp³-hybridized carbons (Fsp3) is 0.286. The Morgan fingerprint density at radius 1 is 1.40 bits per heavy atom. The third-order valence-corrected chi connectivity index (χ3v) is 1.47. The van der Waals surface area contributed by atoms with Crippen LogP contribution in [0.15, 0.2) is 12.3 Å². The molecular weight excluding hydrogens is 130 g/mol. The Labute approximate surface area is 59.2 Å². The first-order chi connectivity index (χ1) is 4.63. The molecule has 0 spiro atoms. The van der Waals surface area contributed by atoms with Gasteiger partial charge >= 0.3 is 5.88 Å². The van der Waals surface area contributed by atoms with Crippen molar-refractivity contribution in [3.63, 3.8) is 0 Å². The molecule has 0 unspecified atom stereocenters. The number of hydrogen-bond acceptors (Lipinski definition) is 2. The highest BCUT2D eigenvalue weighted by Gasteiger charge is 2.11. The molecule has 1 aromatic heterocycles. The maximum atomic E-state index is 9.12. The van der Waals surface area contributed by atoms with E-state index in [-0.39, 0.29) is 11.6 Å². The van der Waals surface area contributed by atoms with Crippen LogP contribution in [0, 0.1) is 6.92 Å². The van der Waals surface area contributed by atoms with E-state index in [1.165, 1.54) is 4.57 Å². The molecule has 0 saturated heterocycles. The summed E-state index contributed by atoms with van der Waals surface area (Å²) in [7, 11) is 1.66. The topological polar surface area (TPSA) is 44.3 Å². The van der Waals surface area contributed by atoms with Gasteiger partial charge in [-0.3, -0.25) is 0 Å². The minimum absolute atomic E-state index is 0.0509. The minimum Gasteiger partial charge on any atom is -0.500 e. The second-order valence-corrected chi connectivity index (χ2v) is 2.28. The summed E-state index contributed by atoms with van der Waals surface area (Å²) in [4.78, 5) is 0. The Kier molecular flexibility index (Phi) is 1.49. The summed E-state index contributed by atoms with van der Waals surface area (Å²) < 4.78 is 1.45. The largest absolute Gasteiger partial charge is 0.500 e. The number of rotatable bonds is 0. The van der Waals surface area contributed by atoms with Gasteiger partial charge in [0.1, 0.15) is 7.05 Å². The first kappa shape index (κ1) is 6.86. The maximum Gasteiger partial charge on any atom is 0.408 e. The van der Waals surface area contributed by atoms with Crippen molar-refractivity contribution in [2.45, 2.75) is 6.92 Å². The van der Waals surface area contributed by atoms with Crippen molar-refractivity contribution < 1.29 is 14.8 Å². The summed E-state index contributed by atoms with van der Waals surface area (Å²) >= 11 is 0. The third-order valence-electron chi connectivity index (χ3n) is 1.47. The van der Waals surface area contributed by atoms with Gasteiger partial charge < -0.3 is 10.2 Å². The van der Waals surface area contributed by atoms with Gasteiger partial charge in [0.2, 0.25) is 5.75 Å². The van der Waals surface area contributed by atoms with Gasteiger partial charge in [-0.1, -0.05) is 0 Å². The SMILES string of the molecule is Cc1cc[n+](C)c(O)c1O. The van der Waals surface area contributed by atoms with Gasteiger partial charge in [0.15, 0.2) is 6.20 Å². The summed E-state index contributed by atoms with van der Waals surface area (Å²) in [5.41, 5.74) is 0.676. The zero-order chi connectivity index (χ0) is 7.72. The molecular formula is C7H10NO2+. The van der Waals surface area contributed by atoms with Crippen LogP contribution in [0.1, 0.15) is 5.56 Å². The van der Waals surface area contributed by atoms with E-state index in [2.05, 4.69) is 0 Å². The van der Waals surface area contributed by atoms with Crippen molar-refractivity contribution in [3.05, 3.63) is 17.8 Å². The van der Waals surface area contributed by atoms with Gasteiger partial charge in [-0.2, -0.15) is 4.57 Å². The normalized spacial score (nSPS) is 9.80. The van der Waals surface area contributed by atoms with Crippen molar-refractivity contribution in [1.82, 2.24) is 0 Å². The van der Waals surface area contributed by atoms with Crippen molar-refractivity contribution in [2.75, 3.05) is 0 Å². The van der Waals surface area contributed by atoms with Gasteiger partial charge in [-0.15, -0.1) is 0 Å². The quantitative estimate of drug-likeness (QED) is 0.507. The van der Waals surface area contributed by atoms with Crippen LogP contribution in [0.5, 0.6) is 11.6 Å². The lowest BCUT2D eigenvalue weighted by Crippen LogP contribution is -2.27. The Morgan fingerprint density at radius 2 is 2.00 bits per heavy atom. The summed E-state index contributed by atoms with van der Waals surface area (Å²) in [6, 6.07) is 1.73. The number of aromatic hydroxyl groups is 2. The summed E-state index contributed by atoms with van der Waals surface area (Å²) in [6.45, 7) is 1.73. The molecule has 0 aromatic carbocycles. The van der Waals surface area contributed by atoms with Crippen LogP contribution in [0.4, 0.5) is 0 Å². The highest BCUT2D eigenvalue weighted by molar-refractivity contribution is 5.34. The maximum absolute atomic E-state index is 9.12. The smallest absolute Gasteiger partial charge is 0.408 e. The number of hydrogen-bond donors (Lipinski definition) is 2. The lowest BCUT2D eigenvalue weighted by atomic mass is 10.3. The van der Waals surface area contributed by atoms with E-state index in [0.717, 1.165) is 0 Å². The van der Waals surface area contributed by atoms with Crippen LogP contribution in [0.2, 0.25) is 0 Å². The fourth-order valence-corrected chi connectivity index (χ4v) is 0.717. The molecule has 54 valence electrons. The lowest BCUT2D eigenvalue weighted by Gasteiger charge is -1.96. The molecule has 0 aliphatic carbocycles. The predicted molar refractivity (Wildman–Crippen MR) is 35.7 cm³/mol. The molecule has 0 atom stereocenters. The molecule has 2 N–H and O–H groups in total. The Balaban J connectivity index is 3.34. The van der Waals surface area contributed by atoms with Crippen molar-refractivity contribution in [2.24, 2.45) is 7.05 Å². The summed E-state index contributed by atoms with van der Waals surface area (Å²) in [6.07, 6.45) is 1.68. The predicted octanol–water partition coefficient (Wildman–Crippen LogP) is 0.231. The van der Waals surface area contributed by atoms with E-state index < -0.39 is 0 Å². The third kappa shape index (κ3) is 0.900. The molecule has 0 radical (unpaired) electrons. The summed E-state index contributed by atoms with van der Waals surface area (Å²) in [5, 5.41) is 18.2. The molecule has 1 aromatic rings. The number of aryl methyl sites for hydroxylation is 2. The first-order valence-corrected chi connectivity index (χ1v) is 3.00. The van der Waals surface area contributed by atoms with Crippen LogP contribution in [-0.4, -0.2) is 10.2 Å². The molecule has 3 heteroatoms. The first-order valence-electron chi connectivity index (χ1n) is 3.00. The van der Waals surface area contributed by atoms with Crippen molar-refractivity contribution in [1.29, 1.82) is 0 Å². The van der Waals surface area contributed by atoms with Crippen LogP contribution >= 0.6 is 0 Å². The standard InChI is InChI=1S/C7H9NO2/c1-5-3-4-8(2)7(10)6(5)9/h3-4,9H,1-2H3/p+1. The van der Waals surface area contributed by atoms with E-state index >= 15 is 0 Å². The van der Waals surface area contributed by atoms with E-state index in [4.69, 9.17) is 10.2 Å². The van der Waals surface area contributed by atoms with Crippen LogP contribution in [0.25, 0.3) is 0 Å². The van der Waals surface area contributed by atoms with E-state index in [1.807, 2.05) is 0 Å². The molecule has 0 amide bonds. The number of nitrogens with zero attached hydrogens (tertiary/aromatic N) is 1. The molecule has 0 aliphatic heterocycles. The number of aromatic nitrogens is 1. The number of pyridine rings is 1. The molecule has 0 aliphatic rings. The Hall–Kier alpha value is -1.25. The zero-order valence-electron chi connectivity index (χ0n) is 6.00. The van der Waals surface area contributed by atoms with Crippen LogP contribution in [-0.2, 0) is 7.05 Å². The van der Waals surface area contributed by atoms with Crippen molar-refractivity contribution in [3.8, 4) is 11.6 Å². The lowest BCUT2D eigenvalue weighted by molar-refractivity contribution is -0.678. The molecule has 0 fully saturated rings. The van der Waals surface area contributed by atoms with E-state index in [1.54, 1.807) is 26.2 Å². The summed E-state index contributed by atoms with van der Waals surface area (Å²) in [5.74, 6) is -0.148. The highest BCUT2D eigenvalue weighted by atomic mass is 16.3. The Bertz CT molecular complexity index is 231. The highest BCUT2D eigenvalue weighted by Crippen LogP contribution is 2.22. The second kappa shape index (κ2) is 2.17. The molecule has 0 saturated carbocycles. The van der Waals surface area contributed by atoms with E-state index in [9.17, 15) is 0 Å². The van der Waals surface area contributed by atoms with E-state index in [0.29, 0.717) is 5.56 Å². The Morgan fingerprint density at radius 3 is 2.50 bits per heavy atom. The van der Waals surface area contributed by atoms with Crippen molar-refractivity contribution >= 4 is 0 Å². The monoisotopic (exact) mass is 140 g/mol. The molecule has 0 bridgehead atoms. The molecule has 1 heterocycles. The molecule has 10 heavy (non-hydrogen) atoms. The minimum atomic E-state index is -0.0972. The molecule has 3 nitrogen and oxygen atoms in total. The average molecular weight is 140 g/mol. The fourth-order valence-electron chi connectivity index (χ4n) is 0.717. The van der Waals surface area contributed by atoms with Gasteiger partial charge in [-0.05, 0) is 6.92 Å². The second-order valence-electron chi connectivity index (χ2n) is 2.28. The van der Waals surface area contributed by atoms with Gasteiger partial charge in [-0.25, -0.2) is 0 Å². The average Bonchev–Trinajstić information content (AvgIpc) is 1.93. The van der Waals surface area contributed by atoms with Gasteiger partial charge in [0, 0.05) is 11.6 Å². The van der Waals surface area contributed by atoms with Gasteiger partial charge in [0.05, 0.1) is 0 Å². The van der Waals surface area contributed by atoms with Crippen LogP contribution in [0.3, 0.4) is 0 Å². The van der Waals surface area contributed by atoms with Gasteiger partial charge in [0.25, 0.3) is 0 Å². The zero-order valence-corrected chi connectivity index (χ0v) is 6.00. The van der Waals surface area contributed by atoms with Crippen LogP contribution < -0.4 is 4.57 Å².